The summed E-state index contributed by atoms with van der Waals surface area (Å²) >= 11 is 0. The van der Waals surface area contributed by atoms with Gasteiger partial charge in [-0.2, -0.15) is 0 Å². The second kappa shape index (κ2) is 11.0. The number of nitrogens with zero attached hydrogens (tertiary/aromatic N) is 1. The van der Waals surface area contributed by atoms with Crippen LogP contribution in [-0.4, -0.2) is 37.7 Å². The predicted molar refractivity (Wildman–Crippen MR) is 142 cm³/mol. The van der Waals surface area contributed by atoms with Crippen molar-refractivity contribution in [1.29, 1.82) is 0 Å². The van der Waals surface area contributed by atoms with E-state index in [4.69, 9.17) is 4.74 Å². The lowest BCUT2D eigenvalue weighted by atomic mass is 9.82. The fraction of sp³-hybridized carbons (Fsp3) is 0.367. The topological polar surface area (TPSA) is 53.6 Å². The van der Waals surface area contributed by atoms with E-state index >= 15 is 0 Å². The van der Waals surface area contributed by atoms with Crippen molar-refractivity contribution < 1.29 is 9.53 Å². The Bertz CT molecular complexity index is 1140. The minimum absolute atomic E-state index is 0.206. The van der Waals surface area contributed by atoms with E-state index in [1.54, 1.807) is 7.11 Å². The Kier molecular flexibility index (Phi) is 7.34. The predicted octanol–water partition coefficient (Wildman–Crippen LogP) is 6.32. The number of amides is 2. The van der Waals surface area contributed by atoms with Gasteiger partial charge in [0.1, 0.15) is 5.75 Å². The third-order valence-corrected chi connectivity index (χ3v) is 7.50. The van der Waals surface area contributed by atoms with Gasteiger partial charge < -0.3 is 20.3 Å². The molecule has 1 fully saturated rings. The molecule has 1 aliphatic carbocycles. The van der Waals surface area contributed by atoms with Crippen LogP contribution in [0.2, 0.25) is 0 Å². The first kappa shape index (κ1) is 23.4. The molecule has 0 saturated carbocycles. The molecule has 2 N–H and O–H groups in total. The summed E-state index contributed by atoms with van der Waals surface area (Å²) in [5, 5.41) is 5.86. The van der Waals surface area contributed by atoms with Crippen molar-refractivity contribution in [3.8, 4) is 5.75 Å². The van der Waals surface area contributed by atoms with Gasteiger partial charge in [0.2, 0.25) is 0 Å². The highest BCUT2D eigenvalue weighted by atomic mass is 16.5. The number of carbonyl (C=O) groups is 1. The molecule has 2 amide bonds. The highest BCUT2D eigenvalue weighted by Crippen LogP contribution is 2.32. The van der Waals surface area contributed by atoms with Crippen LogP contribution in [0.5, 0.6) is 5.75 Å². The number of anilines is 2. The molecule has 1 heterocycles. The highest BCUT2D eigenvalue weighted by Gasteiger charge is 2.25. The van der Waals surface area contributed by atoms with Crippen molar-refractivity contribution in [3.05, 3.63) is 89.5 Å². The van der Waals surface area contributed by atoms with Gasteiger partial charge in [0, 0.05) is 17.9 Å². The van der Waals surface area contributed by atoms with Crippen LogP contribution in [0.3, 0.4) is 0 Å². The first-order chi connectivity index (χ1) is 17.2. The molecule has 35 heavy (non-hydrogen) atoms. The molecule has 0 radical (unpaired) electrons. The van der Waals surface area contributed by atoms with Crippen molar-refractivity contribution in [2.24, 2.45) is 5.92 Å². The zero-order valence-electron chi connectivity index (χ0n) is 20.5. The molecule has 2 aliphatic rings. The molecule has 0 spiro atoms. The number of ether oxygens (including phenoxy) is 1. The number of piperidine rings is 1. The Morgan fingerprint density at radius 2 is 1.69 bits per heavy atom. The molecular weight excluding hydrogens is 434 g/mol. The van der Waals surface area contributed by atoms with Crippen molar-refractivity contribution in [2.45, 2.75) is 38.0 Å². The Morgan fingerprint density at radius 1 is 0.886 bits per heavy atom. The number of aryl methyl sites for hydroxylation is 1. The number of hydrogen-bond acceptors (Lipinski definition) is 3. The number of methoxy groups -OCH3 is 1. The molecule has 3 aromatic carbocycles. The first-order valence-electron chi connectivity index (χ1n) is 12.8. The summed E-state index contributed by atoms with van der Waals surface area (Å²) in [5.41, 5.74) is 5.86. The largest absolute Gasteiger partial charge is 0.497 e. The Hall–Kier alpha value is -3.31. The lowest BCUT2D eigenvalue weighted by molar-refractivity contribution is 0.175. The zero-order chi connectivity index (χ0) is 24.0. The molecule has 1 atom stereocenters. The van der Waals surface area contributed by atoms with E-state index in [9.17, 15) is 4.79 Å². The van der Waals surface area contributed by atoms with Gasteiger partial charge in [-0.25, -0.2) is 4.79 Å². The molecule has 5 rings (SSSR count). The van der Waals surface area contributed by atoms with Crippen LogP contribution in [0.15, 0.2) is 72.8 Å². The van der Waals surface area contributed by atoms with Gasteiger partial charge in [0.25, 0.3) is 0 Å². The van der Waals surface area contributed by atoms with Crippen molar-refractivity contribution in [3.63, 3.8) is 0 Å². The molecule has 3 aromatic rings. The maximum atomic E-state index is 12.3. The summed E-state index contributed by atoms with van der Waals surface area (Å²) in [7, 11) is 1.74. The van der Waals surface area contributed by atoms with E-state index in [1.165, 1.54) is 55.6 Å². The van der Waals surface area contributed by atoms with Gasteiger partial charge in [0.05, 0.1) is 7.11 Å². The quantitative estimate of drug-likeness (QED) is 0.444. The highest BCUT2D eigenvalue weighted by molar-refractivity contribution is 5.99. The van der Waals surface area contributed by atoms with E-state index < -0.39 is 0 Å². The van der Waals surface area contributed by atoms with Crippen LogP contribution < -0.4 is 15.4 Å². The van der Waals surface area contributed by atoms with Gasteiger partial charge >= 0.3 is 6.03 Å². The van der Waals surface area contributed by atoms with E-state index in [0.717, 1.165) is 30.0 Å². The van der Waals surface area contributed by atoms with Crippen LogP contribution in [-0.2, 0) is 12.8 Å². The van der Waals surface area contributed by atoms with Gasteiger partial charge in [0.15, 0.2) is 0 Å². The summed E-state index contributed by atoms with van der Waals surface area (Å²) in [4.78, 5) is 15.0. The Morgan fingerprint density at radius 3 is 2.49 bits per heavy atom. The summed E-state index contributed by atoms with van der Waals surface area (Å²) < 4.78 is 5.41. The number of nitrogens with one attached hydrogen (secondary N) is 2. The van der Waals surface area contributed by atoms with E-state index in [1.807, 2.05) is 42.5 Å². The molecule has 1 aliphatic heterocycles. The maximum absolute atomic E-state index is 12.3. The number of benzene rings is 3. The maximum Gasteiger partial charge on any atom is 0.323 e. The molecule has 0 aromatic heterocycles. The van der Waals surface area contributed by atoms with Crippen LogP contribution in [0.4, 0.5) is 16.2 Å². The minimum Gasteiger partial charge on any atom is -0.497 e. The van der Waals surface area contributed by atoms with Gasteiger partial charge in [-0.3, -0.25) is 0 Å². The number of fused-ring (bicyclic) bond motifs is 1. The molecule has 182 valence electrons. The normalized spacial score (nSPS) is 18.5. The van der Waals surface area contributed by atoms with Crippen LogP contribution in [0.1, 0.15) is 41.9 Å². The van der Waals surface area contributed by atoms with Gasteiger partial charge in [-0.15, -0.1) is 0 Å². The summed E-state index contributed by atoms with van der Waals surface area (Å²) in [6.45, 7) is 3.53. The van der Waals surface area contributed by atoms with Crippen molar-refractivity contribution in [2.75, 3.05) is 37.4 Å². The minimum atomic E-state index is -0.206. The van der Waals surface area contributed by atoms with E-state index in [0.29, 0.717) is 11.8 Å². The molecular formula is C30H35N3O2. The lowest BCUT2D eigenvalue weighted by Crippen LogP contribution is -2.38. The fourth-order valence-electron chi connectivity index (χ4n) is 5.59. The van der Waals surface area contributed by atoms with E-state index in [-0.39, 0.29) is 6.03 Å². The number of urea groups is 1. The fourth-order valence-corrected chi connectivity index (χ4v) is 5.59. The number of hydrogen-bond donors (Lipinski definition) is 2. The summed E-state index contributed by atoms with van der Waals surface area (Å²) in [6.07, 6.45) is 5.85. The summed E-state index contributed by atoms with van der Waals surface area (Å²) in [6, 6.07) is 24.3. The lowest BCUT2D eigenvalue weighted by Gasteiger charge is -2.36. The SMILES string of the molecule is COc1cccc(C2CCN(CC3CCc4cc(NC(=O)Nc5ccccc5)ccc4C3)CC2)c1. The first-order valence-corrected chi connectivity index (χ1v) is 12.8. The molecule has 1 saturated heterocycles. The molecule has 0 bridgehead atoms. The van der Waals surface area contributed by atoms with Gasteiger partial charge in [-0.1, -0.05) is 36.4 Å². The summed E-state index contributed by atoms with van der Waals surface area (Å²) in [5.74, 6) is 2.30. The third kappa shape index (κ3) is 6.04. The monoisotopic (exact) mass is 469 g/mol. The Balaban J connectivity index is 1.11. The second-order valence-electron chi connectivity index (χ2n) is 9.89. The van der Waals surface area contributed by atoms with Crippen molar-refractivity contribution >= 4 is 17.4 Å². The zero-order valence-corrected chi connectivity index (χ0v) is 20.5. The second-order valence-corrected chi connectivity index (χ2v) is 9.89. The van der Waals surface area contributed by atoms with Crippen LogP contribution in [0.25, 0.3) is 0 Å². The molecule has 1 unspecified atom stereocenters. The average Bonchev–Trinajstić information content (AvgIpc) is 2.90. The standard InChI is InChI=1S/C30H35N3O2/c1-35-29-9-5-6-24(20-29)23-14-16-33(17-15-23)21-22-10-11-26-19-28(13-12-25(26)18-22)32-30(34)31-27-7-3-2-4-8-27/h2-9,12-13,19-20,22-23H,10-11,14-18,21H2,1H3,(H2,31,32,34). The smallest absolute Gasteiger partial charge is 0.323 e. The Labute approximate surface area is 208 Å². The third-order valence-electron chi connectivity index (χ3n) is 7.50. The number of rotatable bonds is 6. The van der Waals surface area contributed by atoms with E-state index in [2.05, 4.69) is 45.9 Å². The number of likely N-dealkylation sites (tertiary alicyclic amines) is 1. The molecule has 5 heteroatoms. The van der Waals surface area contributed by atoms with Crippen LogP contribution >= 0.6 is 0 Å². The number of carbonyl (C=O) groups excluding carboxylic acids is 1. The molecule has 5 nitrogen and oxygen atoms in total. The average molecular weight is 470 g/mol. The number of para-hydroxylation sites is 1. The van der Waals surface area contributed by atoms with Crippen molar-refractivity contribution in [1.82, 2.24) is 4.90 Å². The van der Waals surface area contributed by atoms with Crippen LogP contribution in [0, 0.1) is 5.92 Å². The van der Waals surface area contributed by atoms with Gasteiger partial charge in [-0.05, 0) is 110 Å².